The molecule has 0 saturated heterocycles. The van der Waals surface area contributed by atoms with Gasteiger partial charge in [-0.05, 0) is 24.1 Å². The summed E-state index contributed by atoms with van der Waals surface area (Å²) >= 11 is 1.26. The lowest BCUT2D eigenvalue weighted by Crippen LogP contribution is -1.91. The summed E-state index contributed by atoms with van der Waals surface area (Å²) in [6.45, 7) is 1.53. The molecule has 0 fully saturated rings. The maximum atomic E-state index is 10.9. The average Bonchev–Trinajstić information content (AvgIpc) is 2.38. The minimum absolute atomic E-state index is 0.0612. The largest absolute Gasteiger partial charge is 0.504 e. The quantitative estimate of drug-likeness (QED) is 0.641. The summed E-state index contributed by atoms with van der Waals surface area (Å²) in [4.78, 5) is 21.7. The SMILES string of the molecule is COc1cc(C=CCCSC(C)=O)c(C=O)cc1O. The van der Waals surface area contributed by atoms with E-state index in [4.69, 9.17) is 4.74 Å². The number of rotatable bonds is 6. The van der Waals surface area contributed by atoms with Crippen molar-refractivity contribution in [3.8, 4) is 11.5 Å². The average molecular weight is 280 g/mol. The molecule has 0 bridgehead atoms. The Balaban J connectivity index is 2.78. The zero-order valence-corrected chi connectivity index (χ0v) is 11.7. The van der Waals surface area contributed by atoms with E-state index in [2.05, 4.69) is 0 Å². The van der Waals surface area contributed by atoms with Crippen molar-refractivity contribution < 1.29 is 19.4 Å². The molecular weight excluding hydrogens is 264 g/mol. The van der Waals surface area contributed by atoms with E-state index in [1.165, 1.54) is 31.9 Å². The third-order valence-electron chi connectivity index (χ3n) is 2.40. The number of aromatic hydroxyl groups is 1. The highest BCUT2D eigenvalue weighted by molar-refractivity contribution is 8.13. The number of phenols is 1. The summed E-state index contributed by atoms with van der Waals surface area (Å²) in [5, 5.41) is 9.66. The van der Waals surface area contributed by atoms with E-state index in [0.717, 1.165) is 6.42 Å². The predicted octanol–water partition coefficient (Wildman–Crippen LogP) is 2.90. The minimum atomic E-state index is -0.0612. The van der Waals surface area contributed by atoms with Crippen molar-refractivity contribution in [3.05, 3.63) is 29.3 Å². The Kier molecular flexibility index (Phi) is 6.15. The summed E-state index contributed by atoms with van der Waals surface area (Å²) in [7, 11) is 1.45. The summed E-state index contributed by atoms with van der Waals surface area (Å²) in [6.07, 6.45) is 5.08. The first-order valence-electron chi connectivity index (χ1n) is 5.74. The van der Waals surface area contributed by atoms with Crippen LogP contribution in [0.2, 0.25) is 0 Å². The first-order valence-corrected chi connectivity index (χ1v) is 6.73. The van der Waals surface area contributed by atoms with Crippen LogP contribution in [0.5, 0.6) is 11.5 Å². The van der Waals surface area contributed by atoms with E-state index in [0.29, 0.717) is 28.9 Å². The highest BCUT2D eigenvalue weighted by Crippen LogP contribution is 2.29. The third kappa shape index (κ3) is 4.79. The molecule has 1 rings (SSSR count). The molecular formula is C14H16O4S. The number of carbonyl (C=O) groups is 2. The molecule has 0 saturated carbocycles. The second-order valence-corrected chi connectivity index (χ2v) is 5.07. The van der Waals surface area contributed by atoms with E-state index in [1.807, 2.05) is 6.08 Å². The Hall–Kier alpha value is -1.75. The molecule has 19 heavy (non-hydrogen) atoms. The minimum Gasteiger partial charge on any atom is -0.504 e. The van der Waals surface area contributed by atoms with Crippen LogP contribution < -0.4 is 4.74 Å². The maximum Gasteiger partial charge on any atom is 0.185 e. The molecule has 0 aliphatic carbocycles. The van der Waals surface area contributed by atoms with Crippen LogP contribution >= 0.6 is 11.8 Å². The fourth-order valence-corrected chi connectivity index (χ4v) is 2.03. The number of ether oxygens (including phenoxy) is 1. The zero-order chi connectivity index (χ0) is 14.3. The Labute approximate surface area is 116 Å². The van der Waals surface area contributed by atoms with Gasteiger partial charge >= 0.3 is 0 Å². The topological polar surface area (TPSA) is 63.6 Å². The maximum absolute atomic E-state index is 10.9. The van der Waals surface area contributed by atoms with Gasteiger partial charge in [-0.1, -0.05) is 23.9 Å². The second kappa shape index (κ2) is 7.63. The van der Waals surface area contributed by atoms with Gasteiger partial charge in [-0.25, -0.2) is 0 Å². The van der Waals surface area contributed by atoms with Gasteiger partial charge in [0, 0.05) is 18.2 Å². The number of aldehydes is 1. The van der Waals surface area contributed by atoms with Gasteiger partial charge in [0.1, 0.15) is 0 Å². The van der Waals surface area contributed by atoms with Gasteiger partial charge in [0.25, 0.3) is 0 Å². The number of carbonyl (C=O) groups excluding carboxylic acids is 2. The number of phenolic OH excluding ortho intramolecular Hbond substituents is 1. The number of hydrogen-bond acceptors (Lipinski definition) is 5. The fourth-order valence-electron chi connectivity index (χ4n) is 1.49. The molecule has 0 heterocycles. The molecule has 1 aromatic rings. The fraction of sp³-hybridized carbons (Fsp3) is 0.286. The standard InChI is InChI=1S/C14H16O4S/c1-10(16)19-6-4-3-5-11-8-14(18-2)13(17)7-12(11)9-15/h3,5,7-9,17H,4,6H2,1-2H3. The van der Waals surface area contributed by atoms with Crippen molar-refractivity contribution in [1.82, 2.24) is 0 Å². The van der Waals surface area contributed by atoms with E-state index < -0.39 is 0 Å². The summed E-state index contributed by atoms with van der Waals surface area (Å²) in [5.74, 6) is 0.967. The van der Waals surface area contributed by atoms with Crippen molar-refractivity contribution in [1.29, 1.82) is 0 Å². The monoisotopic (exact) mass is 280 g/mol. The van der Waals surface area contributed by atoms with Crippen LogP contribution in [0.15, 0.2) is 18.2 Å². The van der Waals surface area contributed by atoms with Crippen molar-refractivity contribution >= 4 is 29.2 Å². The Morgan fingerprint density at radius 2 is 2.16 bits per heavy atom. The summed E-state index contributed by atoms with van der Waals surface area (Å²) < 4.78 is 5.00. The first kappa shape index (κ1) is 15.3. The Morgan fingerprint density at radius 3 is 2.74 bits per heavy atom. The van der Waals surface area contributed by atoms with Gasteiger partial charge in [-0.2, -0.15) is 0 Å². The van der Waals surface area contributed by atoms with E-state index in [-0.39, 0.29) is 10.9 Å². The molecule has 0 aliphatic heterocycles. The molecule has 0 unspecified atom stereocenters. The van der Waals surface area contributed by atoms with E-state index >= 15 is 0 Å². The van der Waals surface area contributed by atoms with Gasteiger partial charge in [0.2, 0.25) is 0 Å². The smallest absolute Gasteiger partial charge is 0.185 e. The molecule has 4 nitrogen and oxygen atoms in total. The third-order valence-corrected chi connectivity index (χ3v) is 3.25. The second-order valence-electron chi connectivity index (χ2n) is 3.80. The highest BCUT2D eigenvalue weighted by Gasteiger charge is 2.07. The van der Waals surface area contributed by atoms with Crippen LogP contribution in [0.4, 0.5) is 0 Å². The van der Waals surface area contributed by atoms with Crippen LogP contribution in [-0.2, 0) is 4.79 Å². The van der Waals surface area contributed by atoms with Gasteiger partial charge in [-0.3, -0.25) is 9.59 Å². The molecule has 1 aromatic carbocycles. The normalized spacial score (nSPS) is 10.6. The Bertz CT molecular complexity index is 494. The Morgan fingerprint density at radius 1 is 1.42 bits per heavy atom. The van der Waals surface area contributed by atoms with Crippen LogP contribution in [0, 0.1) is 0 Å². The lowest BCUT2D eigenvalue weighted by atomic mass is 10.1. The van der Waals surface area contributed by atoms with Crippen molar-refractivity contribution in [2.45, 2.75) is 13.3 Å². The summed E-state index contributed by atoms with van der Waals surface area (Å²) in [5.41, 5.74) is 1.08. The molecule has 0 aliphatic rings. The zero-order valence-electron chi connectivity index (χ0n) is 10.9. The van der Waals surface area contributed by atoms with Crippen LogP contribution in [0.25, 0.3) is 6.08 Å². The number of allylic oxidation sites excluding steroid dienone is 1. The molecule has 0 amide bonds. The molecule has 0 atom stereocenters. The van der Waals surface area contributed by atoms with Crippen molar-refractivity contribution in [2.24, 2.45) is 0 Å². The van der Waals surface area contributed by atoms with Crippen LogP contribution in [-0.4, -0.2) is 29.4 Å². The van der Waals surface area contributed by atoms with E-state index in [9.17, 15) is 14.7 Å². The predicted molar refractivity (Wildman–Crippen MR) is 76.8 cm³/mol. The molecule has 102 valence electrons. The van der Waals surface area contributed by atoms with Gasteiger partial charge in [0.05, 0.1) is 7.11 Å². The molecule has 0 aromatic heterocycles. The van der Waals surface area contributed by atoms with Gasteiger partial charge < -0.3 is 9.84 Å². The van der Waals surface area contributed by atoms with Gasteiger partial charge in [0.15, 0.2) is 22.9 Å². The lowest BCUT2D eigenvalue weighted by Gasteiger charge is -2.06. The number of hydrogen-bond donors (Lipinski definition) is 1. The lowest BCUT2D eigenvalue weighted by molar-refractivity contribution is -0.109. The molecule has 0 radical (unpaired) electrons. The van der Waals surface area contributed by atoms with Crippen LogP contribution in [0.1, 0.15) is 29.3 Å². The summed E-state index contributed by atoms with van der Waals surface area (Å²) in [6, 6.07) is 2.98. The van der Waals surface area contributed by atoms with Crippen LogP contribution in [0.3, 0.4) is 0 Å². The molecule has 0 spiro atoms. The number of thioether (sulfide) groups is 1. The molecule has 1 N–H and O–H groups in total. The van der Waals surface area contributed by atoms with E-state index in [1.54, 1.807) is 12.1 Å². The van der Waals surface area contributed by atoms with Crippen molar-refractivity contribution in [3.63, 3.8) is 0 Å². The number of benzene rings is 1. The van der Waals surface area contributed by atoms with Crippen molar-refractivity contribution in [2.75, 3.05) is 12.9 Å². The highest BCUT2D eigenvalue weighted by atomic mass is 32.2. The van der Waals surface area contributed by atoms with Gasteiger partial charge in [-0.15, -0.1) is 0 Å². The first-order chi connectivity index (χ1) is 9.08. The molecule has 5 heteroatoms. The number of methoxy groups -OCH3 is 1.